The Morgan fingerprint density at radius 1 is 1.27 bits per heavy atom. The van der Waals surface area contributed by atoms with Gasteiger partial charge in [0.2, 0.25) is 0 Å². The molecule has 1 fully saturated rings. The molecule has 0 aromatic heterocycles. The van der Waals surface area contributed by atoms with Crippen molar-refractivity contribution in [2.75, 3.05) is 19.7 Å². The average molecular weight is 205 g/mol. The summed E-state index contributed by atoms with van der Waals surface area (Å²) in [6.45, 7) is 5.71. The lowest BCUT2D eigenvalue weighted by atomic mass is 10.00. The van der Waals surface area contributed by atoms with E-state index in [0.29, 0.717) is 18.4 Å². The maximum atomic E-state index is 9.19. The molecular formula is C13H19NO. The van der Waals surface area contributed by atoms with Gasteiger partial charge in [-0.25, -0.2) is 0 Å². The van der Waals surface area contributed by atoms with Gasteiger partial charge < -0.3 is 5.11 Å². The van der Waals surface area contributed by atoms with E-state index in [1.165, 1.54) is 5.56 Å². The van der Waals surface area contributed by atoms with Crippen molar-refractivity contribution in [3.63, 3.8) is 0 Å². The van der Waals surface area contributed by atoms with Crippen LogP contribution in [0.2, 0.25) is 0 Å². The van der Waals surface area contributed by atoms with Gasteiger partial charge in [0, 0.05) is 26.2 Å². The highest BCUT2D eigenvalue weighted by Gasteiger charge is 2.28. The van der Waals surface area contributed by atoms with Gasteiger partial charge in [-0.05, 0) is 17.4 Å². The molecule has 0 spiro atoms. The summed E-state index contributed by atoms with van der Waals surface area (Å²) >= 11 is 0. The Morgan fingerprint density at radius 2 is 2.00 bits per heavy atom. The molecule has 1 saturated heterocycles. The molecule has 1 heterocycles. The summed E-state index contributed by atoms with van der Waals surface area (Å²) in [6, 6.07) is 10.5. The lowest BCUT2D eigenvalue weighted by molar-refractivity contribution is 0.204. The van der Waals surface area contributed by atoms with E-state index in [1.807, 2.05) is 6.07 Å². The predicted octanol–water partition coefficient (Wildman–Crippen LogP) is 1.75. The summed E-state index contributed by atoms with van der Waals surface area (Å²) in [5, 5.41) is 9.19. The van der Waals surface area contributed by atoms with Crippen LogP contribution in [0.4, 0.5) is 0 Å². The summed E-state index contributed by atoms with van der Waals surface area (Å²) in [5.74, 6) is 1.09. The van der Waals surface area contributed by atoms with Crippen molar-refractivity contribution in [1.82, 2.24) is 4.90 Å². The quantitative estimate of drug-likeness (QED) is 0.812. The Labute approximate surface area is 91.5 Å². The first-order valence-electron chi connectivity index (χ1n) is 5.66. The largest absolute Gasteiger partial charge is 0.396 e. The van der Waals surface area contributed by atoms with E-state index >= 15 is 0 Å². The predicted molar refractivity (Wildman–Crippen MR) is 61.5 cm³/mol. The second-order valence-electron chi connectivity index (χ2n) is 4.60. The van der Waals surface area contributed by atoms with Crippen LogP contribution in [0, 0.1) is 11.8 Å². The zero-order chi connectivity index (χ0) is 10.7. The minimum atomic E-state index is 0.326. The molecule has 0 unspecified atom stereocenters. The first-order chi connectivity index (χ1) is 7.29. The zero-order valence-electron chi connectivity index (χ0n) is 9.26. The summed E-state index contributed by atoms with van der Waals surface area (Å²) in [4.78, 5) is 2.43. The standard InChI is InChI=1S/C13H19NO/c1-11-7-14(9-13(11)10-15)8-12-5-3-2-4-6-12/h2-6,11,13,15H,7-10H2,1H3/t11-,13+/m0/s1. The van der Waals surface area contributed by atoms with E-state index in [0.717, 1.165) is 19.6 Å². The highest BCUT2D eigenvalue weighted by molar-refractivity contribution is 5.14. The van der Waals surface area contributed by atoms with Gasteiger partial charge in [0.1, 0.15) is 0 Å². The van der Waals surface area contributed by atoms with Gasteiger partial charge in [-0.3, -0.25) is 4.90 Å². The second-order valence-corrected chi connectivity index (χ2v) is 4.60. The van der Waals surface area contributed by atoms with E-state index in [1.54, 1.807) is 0 Å². The maximum Gasteiger partial charge on any atom is 0.0474 e. The molecule has 0 aliphatic carbocycles. The first-order valence-corrected chi connectivity index (χ1v) is 5.66. The van der Waals surface area contributed by atoms with E-state index in [9.17, 15) is 5.11 Å². The Balaban J connectivity index is 1.92. The Morgan fingerprint density at radius 3 is 2.60 bits per heavy atom. The van der Waals surface area contributed by atoms with Crippen LogP contribution in [0.15, 0.2) is 30.3 Å². The summed E-state index contributed by atoms with van der Waals surface area (Å²) < 4.78 is 0. The number of aliphatic hydroxyl groups excluding tert-OH is 1. The highest BCUT2D eigenvalue weighted by Crippen LogP contribution is 2.23. The molecule has 1 aromatic rings. The van der Waals surface area contributed by atoms with Crippen LogP contribution in [0.1, 0.15) is 12.5 Å². The van der Waals surface area contributed by atoms with Crippen LogP contribution in [0.25, 0.3) is 0 Å². The Bertz CT molecular complexity index is 299. The smallest absolute Gasteiger partial charge is 0.0474 e. The van der Waals surface area contributed by atoms with Gasteiger partial charge >= 0.3 is 0 Å². The summed E-state index contributed by atoms with van der Waals surface area (Å²) in [7, 11) is 0. The van der Waals surface area contributed by atoms with Crippen LogP contribution in [-0.2, 0) is 6.54 Å². The zero-order valence-corrected chi connectivity index (χ0v) is 9.26. The van der Waals surface area contributed by atoms with E-state index in [-0.39, 0.29) is 0 Å². The van der Waals surface area contributed by atoms with Crippen LogP contribution in [0.5, 0.6) is 0 Å². The first kappa shape index (κ1) is 10.7. The highest BCUT2D eigenvalue weighted by atomic mass is 16.3. The lowest BCUT2D eigenvalue weighted by Crippen LogP contribution is -2.20. The number of aliphatic hydroxyl groups is 1. The fraction of sp³-hybridized carbons (Fsp3) is 0.538. The summed E-state index contributed by atoms with van der Waals surface area (Å²) in [6.07, 6.45) is 0. The molecule has 1 N–H and O–H groups in total. The van der Waals surface area contributed by atoms with Gasteiger partial charge in [-0.15, -0.1) is 0 Å². The van der Waals surface area contributed by atoms with Gasteiger partial charge in [0.25, 0.3) is 0 Å². The number of nitrogens with zero attached hydrogens (tertiary/aromatic N) is 1. The third-order valence-corrected chi connectivity index (χ3v) is 3.33. The average Bonchev–Trinajstić information content (AvgIpc) is 2.60. The summed E-state index contributed by atoms with van der Waals surface area (Å²) in [5.41, 5.74) is 1.36. The fourth-order valence-electron chi connectivity index (χ4n) is 2.35. The SMILES string of the molecule is C[C@H]1CN(Cc2ccccc2)C[C@@H]1CO. The van der Waals surface area contributed by atoms with Crippen LogP contribution in [0.3, 0.4) is 0 Å². The van der Waals surface area contributed by atoms with Crippen molar-refractivity contribution < 1.29 is 5.11 Å². The van der Waals surface area contributed by atoms with Crippen LogP contribution in [-0.4, -0.2) is 29.7 Å². The molecule has 82 valence electrons. The molecular weight excluding hydrogens is 186 g/mol. The molecule has 2 atom stereocenters. The van der Waals surface area contributed by atoms with Crippen molar-refractivity contribution in [3.05, 3.63) is 35.9 Å². The second kappa shape index (κ2) is 4.77. The normalized spacial score (nSPS) is 27.1. The Hall–Kier alpha value is -0.860. The van der Waals surface area contributed by atoms with Crippen molar-refractivity contribution in [3.8, 4) is 0 Å². The van der Waals surface area contributed by atoms with Crippen LogP contribution < -0.4 is 0 Å². The van der Waals surface area contributed by atoms with Crippen molar-refractivity contribution >= 4 is 0 Å². The van der Waals surface area contributed by atoms with E-state index < -0.39 is 0 Å². The minimum Gasteiger partial charge on any atom is -0.396 e. The molecule has 2 nitrogen and oxygen atoms in total. The lowest BCUT2D eigenvalue weighted by Gasteiger charge is -2.15. The van der Waals surface area contributed by atoms with Crippen LogP contribution >= 0.6 is 0 Å². The third kappa shape index (κ3) is 2.58. The number of likely N-dealkylation sites (tertiary alicyclic amines) is 1. The molecule has 2 rings (SSSR count). The van der Waals surface area contributed by atoms with Crippen molar-refractivity contribution in [2.24, 2.45) is 11.8 Å². The van der Waals surface area contributed by atoms with Gasteiger partial charge in [0.05, 0.1) is 0 Å². The third-order valence-electron chi connectivity index (χ3n) is 3.33. The monoisotopic (exact) mass is 205 g/mol. The molecule has 0 amide bonds. The fourth-order valence-corrected chi connectivity index (χ4v) is 2.35. The van der Waals surface area contributed by atoms with Gasteiger partial charge in [0.15, 0.2) is 0 Å². The molecule has 15 heavy (non-hydrogen) atoms. The molecule has 0 saturated carbocycles. The number of rotatable bonds is 3. The maximum absolute atomic E-state index is 9.19. The number of benzene rings is 1. The van der Waals surface area contributed by atoms with Crippen molar-refractivity contribution in [1.29, 1.82) is 0 Å². The molecule has 1 aliphatic heterocycles. The number of hydrogen-bond acceptors (Lipinski definition) is 2. The van der Waals surface area contributed by atoms with Gasteiger partial charge in [-0.2, -0.15) is 0 Å². The molecule has 0 radical (unpaired) electrons. The minimum absolute atomic E-state index is 0.326. The molecule has 0 bridgehead atoms. The molecule has 2 heteroatoms. The molecule has 1 aromatic carbocycles. The van der Waals surface area contributed by atoms with Crippen molar-refractivity contribution in [2.45, 2.75) is 13.5 Å². The number of hydrogen-bond donors (Lipinski definition) is 1. The van der Waals surface area contributed by atoms with E-state index in [2.05, 4.69) is 36.1 Å². The van der Waals surface area contributed by atoms with Gasteiger partial charge in [-0.1, -0.05) is 37.3 Å². The Kier molecular flexibility index (Phi) is 3.39. The van der Waals surface area contributed by atoms with E-state index in [4.69, 9.17) is 0 Å². The topological polar surface area (TPSA) is 23.5 Å². The molecule has 1 aliphatic rings.